The van der Waals surface area contributed by atoms with Crippen molar-refractivity contribution in [1.82, 2.24) is 4.90 Å². The second-order valence-electron chi connectivity index (χ2n) is 4.80. The summed E-state index contributed by atoms with van der Waals surface area (Å²) in [6.45, 7) is 7.51. The Labute approximate surface area is 122 Å². The van der Waals surface area contributed by atoms with Gasteiger partial charge in [0.1, 0.15) is 0 Å². The third-order valence-corrected chi connectivity index (χ3v) is 4.12. The highest BCUT2D eigenvalue weighted by Crippen LogP contribution is 2.25. The fourth-order valence-corrected chi connectivity index (χ4v) is 2.96. The maximum atomic E-state index is 11.0. The Hall–Kier alpha value is -1.07. The minimum absolute atomic E-state index is 0.313. The van der Waals surface area contributed by atoms with Crippen LogP contribution >= 0.6 is 15.9 Å². The number of rotatable bonds is 4. The van der Waals surface area contributed by atoms with E-state index in [1.165, 1.54) is 6.42 Å². The largest absolute Gasteiger partial charge is 0.478 e. The van der Waals surface area contributed by atoms with E-state index < -0.39 is 5.97 Å². The zero-order valence-electron chi connectivity index (χ0n) is 11.1. The second-order valence-corrected chi connectivity index (χ2v) is 5.65. The summed E-state index contributed by atoms with van der Waals surface area (Å²) in [5.41, 5.74) is 1.40. The Morgan fingerprint density at radius 3 is 2.53 bits per heavy atom. The van der Waals surface area contributed by atoms with Crippen molar-refractivity contribution < 1.29 is 9.90 Å². The van der Waals surface area contributed by atoms with Crippen LogP contribution in [0.2, 0.25) is 0 Å². The zero-order valence-corrected chi connectivity index (χ0v) is 12.7. The quantitative estimate of drug-likeness (QED) is 0.923. The van der Waals surface area contributed by atoms with Gasteiger partial charge in [0.15, 0.2) is 0 Å². The predicted molar refractivity (Wildman–Crippen MR) is 80.0 cm³/mol. The molecule has 0 atom stereocenters. The first-order chi connectivity index (χ1) is 9.11. The maximum Gasteiger partial charge on any atom is 0.336 e. The molecule has 0 spiro atoms. The highest BCUT2D eigenvalue weighted by Gasteiger charge is 2.17. The average Bonchev–Trinajstić information content (AvgIpc) is 2.39. The number of halogens is 1. The fourth-order valence-electron chi connectivity index (χ4n) is 2.42. The molecule has 0 amide bonds. The van der Waals surface area contributed by atoms with Gasteiger partial charge in [-0.15, -0.1) is 0 Å². The SMILES string of the molecule is CCCN1CCN(c2ccc(C(=O)O)c(Br)c2)CC1. The van der Waals surface area contributed by atoms with Crippen molar-refractivity contribution in [3.05, 3.63) is 28.2 Å². The van der Waals surface area contributed by atoms with Crippen molar-refractivity contribution in [1.29, 1.82) is 0 Å². The Morgan fingerprint density at radius 1 is 1.32 bits per heavy atom. The normalized spacial score (nSPS) is 16.6. The van der Waals surface area contributed by atoms with Gasteiger partial charge in [0.25, 0.3) is 0 Å². The van der Waals surface area contributed by atoms with Crippen LogP contribution in [0.5, 0.6) is 0 Å². The van der Waals surface area contributed by atoms with Gasteiger partial charge in [-0.25, -0.2) is 4.79 Å². The number of nitrogens with zero attached hydrogens (tertiary/aromatic N) is 2. The van der Waals surface area contributed by atoms with Crippen molar-refractivity contribution in [2.24, 2.45) is 0 Å². The molecule has 1 saturated heterocycles. The number of benzene rings is 1. The van der Waals surface area contributed by atoms with Gasteiger partial charge in [-0.2, -0.15) is 0 Å². The van der Waals surface area contributed by atoms with Crippen molar-refractivity contribution in [3.8, 4) is 0 Å². The molecule has 1 aliphatic rings. The van der Waals surface area contributed by atoms with Crippen molar-refractivity contribution in [2.75, 3.05) is 37.6 Å². The first-order valence-electron chi connectivity index (χ1n) is 6.62. The molecule has 1 fully saturated rings. The van der Waals surface area contributed by atoms with Crippen LogP contribution in [-0.2, 0) is 0 Å². The molecule has 1 aromatic carbocycles. The average molecular weight is 327 g/mol. The molecule has 1 aromatic rings. The molecule has 104 valence electrons. The molecule has 1 N–H and O–H groups in total. The molecule has 0 saturated carbocycles. The van der Waals surface area contributed by atoms with E-state index in [9.17, 15) is 4.79 Å². The number of carboxylic acid groups (broad SMARTS) is 1. The fraction of sp³-hybridized carbons (Fsp3) is 0.500. The third-order valence-electron chi connectivity index (χ3n) is 3.46. The summed E-state index contributed by atoms with van der Waals surface area (Å²) < 4.78 is 0.647. The topological polar surface area (TPSA) is 43.8 Å². The molecular formula is C14H19BrN2O2. The molecule has 1 aliphatic heterocycles. The first-order valence-corrected chi connectivity index (χ1v) is 7.41. The minimum Gasteiger partial charge on any atom is -0.478 e. The highest BCUT2D eigenvalue weighted by atomic mass is 79.9. The van der Waals surface area contributed by atoms with Crippen LogP contribution in [0.4, 0.5) is 5.69 Å². The molecule has 0 unspecified atom stereocenters. The van der Waals surface area contributed by atoms with E-state index in [1.807, 2.05) is 12.1 Å². The summed E-state index contributed by atoms with van der Waals surface area (Å²) in [6.07, 6.45) is 1.19. The van der Waals surface area contributed by atoms with Crippen LogP contribution in [0.1, 0.15) is 23.7 Å². The Bertz CT molecular complexity index is 457. The molecule has 0 bridgehead atoms. The predicted octanol–water partition coefficient (Wildman–Crippen LogP) is 2.68. The van der Waals surface area contributed by atoms with E-state index in [0.29, 0.717) is 10.0 Å². The first kappa shape index (κ1) is 14.3. The van der Waals surface area contributed by atoms with Crippen LogP contribution in [0.3, 0.4) is 0 Å². The monoisotopic (exact) mass is 326 g/mol. The van der Waals surface area contributed by atoms with Crippen molar-refractivity contribution in [3.63, 3.8) is 0 Å². The van der Waals surface area contributed by atoms with Crippen molar-refractivity contribution in [2.45, 2.75) is 13.3 Å². The molecule has 0 radical (unpaired) electrons. The number of carboxylic acids is 1. The van der Waals surface area contributed by atoms with Gasteiger partial charge in [0.05, 0.1) is 5.56 Å². The van der Waals surface area contributed by atoms with Crippen molar-refractivity contribution >= 4 is 27.6 Å². The zero-order chi connectivity index (χ0) is 13.8. The Kier molecular flexibility index (Phi) is 4.82. The summed E-state index contributed by atoms with van der Waals surface area (Å²) in [5, 5.41) is 9.01. The van der Waals surface area contributed by atoms with E-state index in [1.54, 1.807) is 6.07 Å². The molecule has 4 nitrogen and oxygen atoms in total. The number of hydrogen-bond donors (Lipinski definition) is 1. The standard InChI is InChI=1S/C14H19BrN2O2/c1-2-5-16-6-8-17(9-7-16)11-3-4-12(14(18)19)13(15)10-11/h3-4,10H,2,5-9H2,1H3,(H,18,19). The van der Waals surface area contributed by atoms with Gasteiger partial charge in [-0.05, 0) is 47.1 Å². The molecule has 0 aliphatic carbocycles. The van der Waals surface area contributed by atoms with E-state index in [0.717, 1.165) is 38.4 Å². The lowest BCUT2D eigenvalue weighted by atomic mass is 10.2. The summed E-state index contributed by atoms with van der Waals surface area (Å²) in [6, 6.07) is 5.46. The minimum atomic E-state index is -0.897. The summed E-state index contributed by atoms with van der Waals surface area (Å²) in [4.78, 5) is 15.8. The Balaban J connectivity index is 2.04. The molecule has 0 aromatic heterocycles. The smallest absolute Gasteiger partial charge is 0.336 e. The van der Waals surface area contributed by atoms with E-state index in [2.05, 4.69) is 32.7 Å². The van der Waals surface area contributed by atoms with Gasteiger partial charge >= 0.3 is 5.97 Å². The molecule has 19 heavy (non-hydrogen) atoms. The van der Waals surface area contributed by atoms with Gasteiger partial charge < -0.3 is 10.0 Å². The molecule has 1 heterocycles. The Morgan fingerprint density at radius 2 is 2.00 bits per heavy atom. The lowest BCUT2D eigenvalue weighted by Gasteiger charge is -2.36. The van der Waals surface area contributed by atoms with Gasteiger partial charge in [-0.3, -0.25) is 4.90 Å². The number of hydrogen-bond acceptors (Lipinski definition) is 3. The molecule has 2 rings (SSSR count). The lowest BCUT2D eigenvalue weighted by Crippen LogP contribution is -2.46. The van der Waals surface area contributed by atoms with Crippen LogP contribution in [0.15, 0.2) is 22.7 Å². The molecular weight excluding hydrogens is 308 g/mol. The summed E-state index contributed by atoms with van der Waals surface area (Å²) >= 11 is 3.33. The van der Waals surface area contributed by atoms with Gasteiger partial charge in [0, 0.05) is 36.3 Å². The highest BCUT2D eigenvalue weighted by molar-refractivity contribution is 9.10. The third kappa shape index (κ3) is 3.48. The van der Waals surface area contributed by atoms with Gasteiger partial charge in [-0.1, -0.05) is 6.92 Å². The second kappa shape index (κ2) is 6.39. The van der Waals surface area contributed by atoms with E-state index >= 15 is 0 Å². The number of aromatic carboxylic acids is 1. The number of carbonyl (C=O) groups is 1. The van der Waals surface area contributed by atoms with Crippen LogP contribution < -0.4 is 4.90 Å². The summed E-state index contributed by atoms with van der Waals surface area (Å²) in [5.74, 6) is -0.897. The van der Waals surface area contributed by atoms with Crippen LogP contribution in [-0.4, -0.2) is 48.7 Å². The number of anilines is 1. The summed E-state index contributed by atoms with van der Waals surface area (Å²) in [7, 11) is 0. The number of piperazine rings is 1. The lowest BCUT2D eigenvalue weighted by molar-refractivity contribution is 0.0696. The van der Waals surface area contributed by atoms with E-state index in [4.69, 9.17) is 5.11 Å². The van der Waals surface area contributed by atoms with E-state index in [-0.39, 0.29) is 0 Å². The van der Waals surface area contributed by atoms with Crippen LogP contribution in [0.25, 0.3) is 0 Å². The maximum absolute atomic E-state index is 11.0. The van der Waals surface area contributed by atoms with Crippen LogP contribution in [0, 0.1) is 0 Å². The molecule has 5 heteroatoms. The van der Waals surface area contributed by atoms with Gasteiger partial charge in [0.2, 0.25) is 0 Å².